The predicted molar refractivity (Wildman–Crippen MR) is 127 cm³/mol. The molecule has 0 heterocycles. The van der Waals surface area contributed by atoms with Crippen LogP contribution in [0.15, 0.2) is 24.3 Å². The average Bonchev–Trinajstić information content (AvgIpc) is 2.74. The highest BCUT2D eigenvalue weighted by atomic mass is 16.3. The van der Waals surface area contributed by atoms with Gasteiger partial charge in [0.1, 0.15) is 11.5 Å². The Kier molecular flexibility index (Phi) is 3.53. The van der Waals surface area contributed by atoms with Crippen LogP contribution in [0.5, 0.6) is 11.5 Å². The summed E-state index contributed by atoms with van der Waals surface area (Å²) in [5.74, 6) is 6.04. The van der Waals surface area contributed by atoms with Gasteiger partial charge in [0.25, 0.3) is 0 Å². The zero-order valence-corrected chi connectivity index (χ0v) is 19.2. The van der Waals surface area contributed by atoms with Gasteiger partial charge in [0.05, 0.1) is 0 Å². The van der Waals surface area contributed by atoms with Gasteiger partial charge in [-0.3, -0.25) is 0 Å². The topological polar surface area (TPSA) is 40.5 Å². The Morgan fingerprint density at radius 2 is 0.750 bits per heavy atom. The van der Waals surface area contributed by atoms with E-state index in [1.807, 2.05) is 0 Å². The summed E-state index contributed by atoms with van der Waals surface area (Å²) in [5.41, 5.74) is 3.18. The molecule has 0 spiro atoms. The third kappa shape index (κ3) is 2.37. The van der Waals surface area contributed by atoms with E-state index in [1.54, 1.807) is 12.1 Å². The number of aromatic hydroxyl groups is 2. The molecule has 8 saturated carbocycles. The number of phenolic OH excluding ortho intramolecular Hbond substituents is 2. The lowest BCUT2D eigenvalue weighted by atomic mass is 9.46. The molecular formula is C30H36O2. The van der Waals surface area contributed by atoms with E-state index in [2.05, 4.69) is 12.1 Å². The summed E-state index contributed by atoms with van der Waals surface area (Å²) in [6.45, 7) is 0. The van der Waals surface area contributed by atoms with Crippen LogP contribution in [0.1, 0.15) is 88.2 Å². The van der Waals surface area contributed by atoms with Crippen molar-refractivity contribution in [3.63, 3.8) is 0 Å². The molecule has 2 nitrogen and oxygen atoms in total. The minimum absolute atomic E-state index is 0.221. The molecule has 8 aliphatic carbocycles. The molecule has 2 N–H and O–H groups in total. The van der Waals surface area contributed by atoms with E-state index in [-0.39, 0.29) is 10.8 Å². The van der Waals surface area contributed by atoms with Crippen molar-refractivity contribution in [1.29, 1.82) is 0 Å². The molecule has 8 fully saturated rings. The van der Waals surface area contributed by atoms with E-state index < -0.39 is 0 Å². The molecular weight excluding hydrogens is 392 g/mol. The third-order valence-electron chi connectivity index (χ3n) is 11.3. The van der Waals surface area contributed by atoms with Crippen molar-refractivity contribution in [2.75, 3.05) is 0 Å². The van der Waals surface area contributed by atoms with Gasteiger partial charge in [0.2, 0.25) is 0 Å². The van der Waals surface area contributed by atoms with Gasteiger partial charge in [-0.1, -0.05) is 12.1 Å². The van der Waals surface area contributed by atoms with Crippen LogP contribution in [0.4, 0.5) is 0 Å². The molecule has 0 amide bonds. The van der Waals surface area contributed by atoms with Gasteiger partial charge in [-0.2, -0.15) is 0 Å². The first-order chi connectivity index (χ1) is 15.5. The smallest absolute Gasteiger partial charge is 0.123 e. The van der Waals surface area contributed by atoms with Crippen molar-refractivity contribution in [1.82, 2.24) is 0 Å². The molecule has 0 radical (unpaired) electrons. The minimum Gasteiger partial charge on any atom is -0.507 e. The van der Waals surface area contributed by atoms with Gasteiger partial charge < -0.3 is 10.2 Å². The third-order valence-corrected chi connectivity index (χ3v) is 11.3. The fourth-order valence-corrected chi connectivity index (χ4v) is 11.2. The Morgan fingerprint density at radius 1 is 0.469 bits per heavy atom. The second kappa shape index (κ2) is 6.05. The van der Waals surface area contributed by atoms with E-state index in [0.29, 0.717) is 11.5 Å². The zero-order valence-electron chi connectivity index (χ0n) is 19.2. The molecule has 8 bridgehead atoms. The Bertz CT molecular complexity index is 968. The SMILES string of the molecule is Oc1ccc(O)c2c(C34CC5CC(CC(C5)C3)C4)ccc(C34CC5CC(CC(C5)C3)C4)c12. The largest absolute Gasteiger partial charge is 0.507 e. The van der Waals surface area contributed by atoms with Crippen LogP contribution in [-0.4, -0.2) is 10.2 Å². The molecule has 168 valence electrons. The van der Waals surface area contributed by atoms with Crippen LogP contribution in [0, 0.1) is 35.5 Å². The van der Waals surface area contributed by atoms with Crippen molar-refractivity contribution in [2.45, 2.75) is 87.9 Å². The molecule has 2 aromatic rings. The minimum atomic E-state index is 0.221. The summed E-state index contributed by atoms with van der Waals surface area (Å²) in [5, 5.41) is 24.6. The summed E-state index contributed by atoms with van der Waals surface area (Å²) < 4.78 is 0. The Labute approximate surface area is 191 Å². The number of rotatable bonds is 2. The van der Waals surface area contributed by atoms with Crippen LogP contribution in [0.3, 0.4) is 0 Å². The maximum atomic E-state index is 11.3. The quantitative estimate of drug-likeness (QED) is 0.497. The molecule has 0 saturated heterocycles. The van der Waals surface area contributed by atoms with E-state index in [4.69, 9.17) is 0 Å². The Balaban J connectivity index is 1.35. The van der Waals surface area contributed by atoms with Gasteiger partial charge in [0.15, 0.2) is 0 Å². The molecule has 32 heavy (non-hydrogen) atoms. The summed E-state index contributed by atoms with van der Waals surface area (Å²) in [7, 11) is 0. The van der Waals surface area contributed by atoms with Crippen molar-refractivity contribution in [3.8, 4) is 11.5 Å². The molecule has 8 aliphatic rings. The number of hydrogen-bond donors (Lipinski definition) is 2. The second-order valence-electron chi connectivity index (χ2n) is 13.4. The molecule has 2 aromatic carbocycles. The first kappa shape index (κ1) is 18.7. The Morgan fingerprint density at radius 3 is 1.03 bits per heavy atom. The summed E-state index contributed by atoms with van der Waals surface area (Å²) in [4.78, 5) is 0. The zero-order chi connectivity index (χ0) is 21.2. The number of benzene rings is 2. The van der Waals surface area contributed by atoms with E-state index in [9.17, 15) is 10.2 Å². The second-order valence-corrected chi connectivity index (χ2v) is 13.4. The monoisotopic (exact) mass is 428 g/mol. The molecule has 0 aromatic heterocycles. The van der Waals surface area contributed by atoms with Crippen molar-refractivity contribution in [3.05, 3.63) is 35.4 Å². The lowest BCUT2D eigenvalue weighted by molar-refractivity contribution is -0.00596. The number of fused-ring (bicyclic) bond motifs is 1. The van der Waals surface area contributed by atoms with Crippen LogP contribution in [-0.2, 0) is 10.8 Å². The fraction of sp³-hybridized carbons (Fsp3) is 0.667. The first-order valence-electron chi connectivity index (χ1n) is 13.5. The molecule has 0 atom stereocenters. The maximum Gasteiger partial charge on any atom is 0.123 e. The predicted octanol–water partition coefficient (Wildman–Crippen LogP) is 7.19. The van der Waals surface area contributed by atoms with E-state index >= 15 is 0 Å². The molecule has 10 rings (SSSR count). The van der Waals surface area contributed by atoms with E-state index in [0.717, 1.165) is 46.3 Å². The van der Waals surface area contributed by atoms with Gasteiger partial charge in [0, 0.05) is 10.8 Å². The van der Waals surface area contributed by atoms with Crippen LogP contribution < -0.4 is 0 Å². The van der Waals surface area contributed by atoms with Crippen LogP contribution in [0.25, 0.3) is 10.8 Å². The van der Waals surface area contributed by atoms with E-state index in [1.165, 1.54) is 88.2 Å². The van der Waals surface area contributed by atoms with Crippen molar-refractivity contribution >= 4 is 10.8 Å². The fourth-order valence-electron chi connectivity index (χ4n) is 11.2. The van der Waals surface area contributed by atoms with Crippen LogP contribution >= 0.6 is 0 Å². The highest BCUT2D eigenvalue weighted by Crippen LogP contribution is 2.65. The lowest BCUT2D eigenvalue weighted by Crippen LogP contribution is -2.49. The Hall–Kier alpha value is -1.70. The molecule has 0 aliphatic heterocycles. The van der Waals surface area contributed by atoms with Crippen molar-refractivity contribution in [2.24, 2.45) is 35.5 Å². The van der Waals surface area contributed by atoms with Gasteiger partial charge in [-0.25, -0.2) is 0 Å². The maximum absolute atomic E-state index is 11.3. The van der Waals surface area contributed by atoms with Gasteiger partial charge >= 0.3 is 0 Å². The normalized spacial score (nSPS) is 45.8. The first-order valence-corrected chi connectivity index (χ1v) is 13.5. The summed E-state index contributed by atoms with van der Waals surface area (Å²) in [6.07, 6.45) is 16.3. The van der Waals surface area contributed by atoms with Gasteiger partial charge in [-0.15, -0.1) is 0 Å². The highest BCUT2D eigenvalue weighted by molar-refractivity contribution is 5.99. The summed E-state index contributed by atoms with van der Waals surface area (Å²) in [6, 6.07) is 8.38. The van der Waals surface area contributed by atoms with Crippen LogP contribution in [0.2, 0.25) is 0 Å². The van der Waals surface area contributed by atoms with Gasteiger partial charge in [-0.05, 0) is 147 Å². The van der Waals surface area contributed by atoms with Crippen molar-refractivity contribution < 1.29 is 10.2 Å². The standard InChI is InChI=1S/C30H36O2/c31-25-3-4-26(32)28-24(30-14-20-8-21(15-30)10-22(9-20)16-30)2-1-23(27(25)28)29-11-17-5-18(12-29)7-19(6-17)13-29/h1-4,17-22,31-32H,5-16H2. The number of hydrogen-bond acceptors (Lipinski definition) is 2. The highest BCUT2D eigenvalue weighted by Gasteiger charge is 2.54. The molecule has 0 unspecified atom stereocenters. The average molecular weight is 429 g/mol. The number of phenols is 2. The lowest BCUT2D eigenvalue weighted by Gasteiger charge is -2.58. The molecule has 2 heteroatoms. The summed E-state index contributed by atoms with van der Waals surface area (Å²) >= 11 is 0.